The average molecular weight is 225 g/mol. The quantitative estimate of drug-likeness (QED) is 0.785. The minimum atomic E-state index is 0.483. The summed E-state index contributed by atoms with van der Waals surface area (Å²) in [4.78, 5) is 8.05. The van der Waals surface area contributed by atoms with Gasteiger partial charge in [-0.3, -0.25) is 0 Å². The molecule has 0 aliphatic heterocycles. The van der Waals surface area contributed by atoms with E-state index in [-0.39, 0.29) is 0 Å². The maximum Gasteiger partial charge on any atom is 0.188 e. The van der Waals surface area contributed by atoms with Gasteiger partial charge in [0.25, 0.3) is 0 Å². The molecule has 1 aromatic carbocycles. The summed E-state index contributed by atoms with van der Waals surface area (Å²) in [6.45, 7) is 0. The number of ether oxygens (including phenoxy) is 2. The molecule has 0 amide bonds. The van der Waals surface area contributed by atoms with E-state index < -0.39 is 0 Å². The van der Waals surface area contributed by atoms with Gasteiger partial charge in [-0.25, -0.2) is 9.97 Å². The van der Waals surface area contributed by atoms with Crippen LogP contribution in [-0.4, -0.2) is 24.2 Å². The Balaban J connectivity index is 2.84. The van der Waals surface area contributed by atoms with Crippen LogP contribution >= 0.6 is 11.6 Å². The summed E-state index contributed by atoms with van der Waals surface area (Å²) in [6, 6.07) is 1.75. The Morgan fingerprint density at radius 2 is 1.93 bits per heavy atom. The van der Waals surface area contributed by atoms with Crippen molar-refractivity contribution in [1.82, 2.24) is 9.97 Å². The van der Waals surface area contributed by atoms with E-state index in [1.165, 1.54) is 13.4 Å². The van der Waals surface area contributed by atoms with Crippen LogP contribution < -0.4 is 9.47 Å². The Labute approximate surface area is 91.8 Å². The van der Waals surface area contributed by atoms with Gasteiger partial charge < -0.3 is 9.47 Å². The van der Waals surface area contributed by atoms with E-state index in [1.807, 2.05) is 0 Å². The van der Waals surface area contributed by atoms with Crippen molar-refractivity contribution in [3.8, 4) is 11.5 Å². The zero-order valence-electron chi connectivity index (χ0n) is 8.32. The van der Waals surface area contributed by atoms with Crippen LogP contribution in [0.1, 0.15) is 0 Å². The Hall–Kier alpha value is -1.55. The molecule has 0 N–H and O–H groups in total. The fourth-order valence-electron chi connectivity index (χ4n) is 1.43. The van der Waals surface area contributed by atoms with Crippen molar-refractivity contribution in [1.29, 1.82) is 0 Å². The lowest BCUT2D eigenvalue weighted by atomic mass is 10.2. The number of halogens is 1. The minimum absolute atomic E-state index is 0.483. The highest BCUT2D eigenvalue weighted by atomic mass is 35.5. The minimum Gasteiger partial charge on any atom is -0.491 e. The van der Waals surface area contributed by atoms with E-state index in [1.54, 1.807) is 19.4 Å². The first kappa shape index (κ1) is 9.98. The first-order valence-corrected chi connectivity index (χ1v) is 4.66. The van der Waals surface area contributed by atoms with Crippen LogP contribution in [0.4, 0.5) is 0 Å². The summed E-state index contributed by atoms with van der Waals surface area (Å²) in [5.74, 6) is 1.02. The molecule has 0 unspecified atom stereocenters. The van der Waals surface area contributed by atoms with Crippen LogP contribution in [0, 0.1) is 0 Å². The summed E-state index contributed by atoms with van der Waals surface area (Å²) < 4.78 is 10.4. The Bertz CT molecular complexity index is 502. The van der Waals surface area contributed by atoms with Crippen LogP contribution in [0.25, 0.3) is 10.9 Å². The molecule has 1 aromatic heterocycles. The van der Waals surface area contributed by atoms with E-state index in [0.717, 1.165) is 5.39 Å². The second-order valence-electron chi connectivity index (χ2n) is 2.89. The summed E-state index contributed by atoms with van der Waals surface area (Å²) in [6.07, 6.45) is 3.13. The third-order valence-corrected chi connectivity index (χ3v) is 2.35. The molecule has 0 aliphatic carbocycles. The molecule has 0 spiro atoms. The molecule has 0 atom stereocenters. The topological polar surface area (TPSA) is 44.2 Å². The third-order valence-electron chi connectivity index (χ3n) is 2.07. The van der Waals surface area contributed by atoms with Gasteiger partial charge in [0.1, 0.15) is 11.8 Å². The summed E-state index contributed by atoms with van der Waals surface area (Å²) in [5, 5.41) is 1.30. The highest BCUT2D eigenvalue weighted by Crippen LogP contribution is 2.39. The first-order valence-electron chi connectivity index (χ1n) is 4.28. The van der Waals surface area contributed by atoms with Gasteiger partial charge in [0.05, 0.1) is 19.2 Å². The molecule has 4 nitrogen and oxygen atoms in total. The Morgan fingerprint density at radius 1 is 1.20 bits per heavy atom. The number of hydrogen-bond acceptors (Lipinski definition) is 4. The Morgan fingerprint density at radius 3 is 2.60 bits per heavy atom. The molecule has 0 aliphatic rings. The standard InChI is InChI=1S/C10H9ClN2O2/c1-14-9-7(11)3-6-4-12-5-13-8(6)10(9)15-2/h3-5H,1-2H3. The van der Waals surface area contributed by atoms with Crippen molar-refractivity contribution in [2.45, 2.75) is 0 Å². The second-order valence-corrected chi connectivity index (χ2v) is 3.29. The molecule has 0 saturated heterocycles. The highest BCUT2D eigenvalue weighted by Gasteiger charge is 2.14. The maximum atomic E-state index is 6.03. The van der Waals surface area contributed by atoms with Crippen LogP contribution in [0.5, 0.6) is 11.5 Å². The molecule has 0 fully saturated rings. The van der Waals surface area contributed by atoms with Gasteiger partial charge >= 0.3 is 0 Å². The third kappa shape index (κ3) is 1.57. The lowest BCUT2D eigenvalue weighted by molar-refractivity contribution is 0.358. The fraction of sp³-hybridized carbons (Fsp3) is 0.200. The maximum absolute atomic E-state index is 6.03. The van der Waals surface area contributed by atoms with E-state index >= 15 is 0 Å². The highest BCUT2D eigenvalue weighted by molar-refractivity contribution is 6.33. The van der Waals surface area contributed by atoms with E-state index in [9.17, 15) is 0 Å². The lowest BCUT2D eigenvalue weighted by Gasteiger charge is -2.11. The smallest absolute Gasteiger partial charge is 0.188 e. The number of hydrogen-bond donors (Lipinski definition) is 0. The van der Waals surface area contributed by atoms with Crippen molar-refractivity contribution >= 4 is 22.5 Å². The zero-order chi connectivity index (χ0) is 10.8. The van der Waals surface area contributed by atoms with Crippen LogP contribution in [0.3, 0.4) is 0 Å². The molecule has 0 bridgehead atoms. The molecule has 15 heavy (non-hydrogen) atoms. The number of fused-ring (bicyclic) bond motifs is 1. The normalized spacial score (nSPS) is 10.3. The molecule has 0 radical (unpaired) electrons. The van der Waals surface area contributed by atoms with Gasteiger partial charge in [-0.2, -0.15) is 0 Å². The van der Waals surface area contributed by atoms with Crippen LogP contribution in [0.2, 0.25) is 5.02 Å². The number of aromatic nitrogens is 2. The zero-order valence-corrected chi connectivity index (χ0v) is 9.08. The molecule has 2 rings (SSSR count). The molecule has 5 heteroatoms. The van der Waals surface area contributed by atoms with Gasteiger partial charge in [-0.1, -0.05) is 11.6 Å². The first-order chi connectivity index (χ1) is 7.27. The predicted molar refractivity (Wildman–Crippen MR) is 57.7 cm³/mol. The van der Waals surface area contributed by atoms with Gasteiger partial charge in [0.2, 0.25) is 0 Å². The molecule has 78 valence electrons. The van der Waals surface area contributed by atoms with Gasteiger partial charge in [-0.15, -0.1) is 0 Å². The van der Waals surface area contributed by atoms with Crippen molar-refractivity contribution in [3.05, 3.63) is 23.6 Å². The van der Waals surface area contributed by atoms with Crippen molar-refractivity contribution in [2.75, 3.05) is 14.2 Å². The number of benzene rings is 1. The van der Waals surface area contributed by atoms with Crippen molar-refractivity contribution in [2.24, 2.45) is 0 Å². The van der Waals surface area contributed by atoms with Gasteiger partial charge in [0.15, 0.2) is 11.5 Å². The summed E-state index contributed by atoms with van der Waals surface area (Å²) in [7, 11) is 3.09. The largest absolute Gasteiger partial charge is 0.491 e. The second kappa shape index (κ2) is 3.90. The van der Waals surface area contributed by atoms with Gasteiger partial charge in [0, 0.05) is 11.6 Å². The molecule has 2 aromatic rings. The van der Waals surface area contributed by atoms with Crippen LogP contribution in [-0.2, 0) is 0 Å². The van der Waals surface area contributed by atoms with E-state index in [0.29, 0.717) is 22.0 Å². The van der Waals surface area contributed by atoms with E-state index in [4.69, 9.17) is 21.1 Å². The number of rotatable bonds is 2. The predicted octanol–water partition coefficient (Wildman–Crippen LogP) is 2.30. The summed E-state index contributed by atoms with van der Waals surface area (Å²) in [5.41, 5.74) is 0.689. The van der Waals surface area contributed by atoms with Crippen molar-refractivity contribution in [3.63, 3.8) is 0 Å². The van der Waals surface area contributed by atoms with Crippen LogP contribution in [0.15, 0.2) is 18.6 Å². The summed E-state index contributed by atoms with van der Waals surface area (Å²) >= 11 is 6.03. The van der Waals surface area contributed by atoms with Gasteiger partial charge in [-0.05, 0) is 6.07 Å². The Kier molecular flexibility index (Phi) is 2.60. The SMILES string of the molecule is COc1c(Cl)cc2cncnc2c1OC. The molecule has 0 saturated carbocycles. The molecular weight excluding hydrogens is 216 g/mol. The molecular formula is C10H9ClN2O2. The molecule has 1 heterocycles. The monoisotopic (exact) mass is 224 g/mol. The van der Waals surface area contributed by atoms with E-state index in [2.05, 4.69) is 9.97 Å². The lowest BCUT2D eigenvalue weighted by Crippen LogP contribution is -1.94. The van der Waals surface area contributed by atoms with Crippen molar-refractivity contribution < 1.29 is 9.47 Å². The number of nitrogens with zero attached hydrogens (tertiary/aromatic N) is 2. The number of methoxy groups -OCH3 is 2. The average Bonchev–Trinajstić information content (AvgIpc) is 2.27. The fourth-order valence-corrected chi connectivity index (χ4v) is 1.71.